The highest BCUT2D eigenvalue weighted by Gasteiger charge is 2.22. The van der Waals surface area contributed by atoms with Crippen molar-refractivity contribution < 1.29 is 4.79 Å². The normalized spacial score (nSPS) is 14.9. The van der Waals surface area contributed by atoms with Crippen molar-refractivity contribution in [2.75, 3.05) is 31.1 Å². The van der Waals surface area contributed by atoms with E-state index in [0.717, 1.165) is 43.3 Å². The molecule has 0 atom stereocenters. The fraction of sp³-hybridized carbons (Fsp3) is 0.389. The summed E-state index contributed by atoms with van der Waals surface area (Å²) >= 11 is 0. The summed E-state index contributed by atoms with van der Waals surface area (Å²) < 4.78 is 0. The summed E-state index contributed by atoms with van der Waals surface area (Å²) in [7, 11) is 0. The molecule has 1 aliphatic rings. The summed E-state index contributed by atoms with van der Waals surface area (Å²) in [5.74, 6) is 1.10. The van der Waals surface area contributed by atoms with Crippen LogP contribution in [0.2, 0.25) is 0 Å². The summed E-state index contributed by atoms with van der Waals surface area (Å²) in [4.78, 5) is 25.3. The number of hydrogen-bond donors (Lipinski definition) is 0. The van der Waals surface area contributed by atoms with Gasteiger partial charge in [-0.05, 0) is 19.4 Å². The number of aromatic nitrogens is 2. The Kier molecular flexibility index (Phi) is 4.55. The first-order chi connectivity index (χ1) is 11.1. The Balaban J connectivity index is 1.56. The predicted octanol–water partition coefficient (Wildman–Crippen LogP) is 1.98. The molecule has 0 saturated carbocycles. The molecule has 1 aromatic carbocycles. The minimum Gasteiger partial charge on any atom is -0.352 e. The fourth-order valence-electron chi connectivity index (χ4n) is 2.78. The van der Waals surface area contributed by atoms with Gasteiger partial charge in [-0.25, -0.2) is 4.98 Å². The molecule has 5 nitrogen and oxygen atoms in total. The third kappa shape index (κ3) is 3.86. The van der Waals surface area contributed by atoms with Gasteiger partial charge in [-0.2, -0.15) is 0 Å². The van der Waals surface area contributed by atoms with E-state index in [1.165, 1.54) is 5.56 Å². The zero-order valence-corrected chi connectivity index (χ0v) is 13.7. The molecule has 1 aromatic heterocycles. The SMILES string of the molecule is Cc1ccc(CC(=O)N2CCN(c3cncc(C)n3)CC2)cc1. The second-order valence-electron chi connectivity index (χ2n) is 6.05. The summed E-state index contributed by atoms with van der Waals surface area (Å²) in [6, 6.07) is 8.17. The van der Waals surface area contributed by atoms with Crippen LogP contribution in [0, 0.1) is 13.8 Å². The topological polar surface area (TPSA) is 49.3 Å². The second kappa shape index (κ2) is 6.77. The van der Waals surface area contributed by atoms with Gasteiger partial charge in [0.25, 0.3) is 0 Å². The number of anilines is 1. The van der Waals surface area contributed by atoms with Gasteiger partial charge in [0.15, 0.2) is 0 Å². The Morgan fingerprint density at radius 3 is 2.39 bits per heavy atom. The van der Waals surface area contributed by atoms with Crippen molar-refractivity contribution >= 4 is 11.7 Å². The summed E-state index contributed by atoms with van der Waals surface area (Å²) in [5, 5.41) is 0. The van der Waals surface area contributed by atoms with Gasteiger partial charge in [0, 0.05) is 32.4 Å². The number of carbonyl (C=O) groups excluding carboxylic acids is 1. The highest BCUT2D eigenvalue weighted by Crippen LogP contribution is 2.14. The maximum atomic E-state index is 12.4. The lowest BCUT2D eigenvalue weighted by molar-refractivity contribution is -0.130. The number of carbonyl (C=O) groups is 1. The van der Waals surface area contributed by atoms with Crippen molar-refractivity contribution in [3.63, 3.8) is 0 Å². The number of benzene rings is 1. The van der Waals surface area contributed by atoms with Crippen molar-refractivity contribution in [3.8, 4) is 0 Å². The maximum absolute atomic E-state index is 12.4. The third-order valence-electron chi connectivity index (χ3n) is 4.17. The molecule has 0 spiro atoms. The Morgan fingerprint density at radius 1 is 1.04 bits per heavy atom. The van der Waals surface area contributed by atoms with Gasteiger partial charge in [0.05, 0.1) is 18.3 Å². The monoisotopic (exact) mass is 310 g/mol. The fourth-order valence-corrected chi connectivity index (χ4v) is 2.78. The van der Waals surface area contributed by atoms with E-state index in [-0.39, 0.29) is 5.91 Å². The summed E-state index contributed by atoms with van der Waals surface area (Å²) in [6.45, 7) is 7.08. The van der Waals surface area contributed by atoms with Gasteiger partial charge in [-0.15, -0.1) is 0 Å². The summed E-state index contributed by atoms with van der Waals surface area (Å²) in [6.07, 6.45) is 4.02. The first kappa shape index (κ1) is 15.5. The molecule has 5 heteroatoms. The molecule has 0 bridgehead atoms. The van der Waals surface area contributed by atoms with Gasteiger partial charge in [-0.3, -0.25) is 9.78 Å². The highest BCUT2D eigenvalue weighted by molar-refractivity contribution is 5.79. The zero-order valence-electron chi connectivity index (χ0n) is 13.7. The molecular weight excluding hydrogens is 288 g/mol. The largest absolute Gasteiger partial charge is 0.352 e. The number of rotatable bonds is 3. The van der Waals surface area contributed by atoms with E-state index in [9.17, 15) is 4.79 Å². The number of piperazine rings is 1. The molecule has 120 valence electrons. The molecule has 1 fully saturated rings. The highest BCUT2D eigenvalue weighted by atomic mass is 16.2. The molecule has 23 heavy (non-hydrogen) atoms. The first-order valence-electron chi connectivity index (χ1n) is 7.99. The van der Waals surface area contributed by atoms with Crippen LogP contribution in [0.3, 0.4) is 0 Å². The van der Waals surface area contributed by atoms with E-state index >= 15 is 0 Å². The van der Waals surface area contributed by atoms with Crippen LogP contribution in [0.25, 0.3) is 0 Å². The van der Waals surface area contributed by atoms with E-state index in [1.54, 1.807) is 12.4 Å². The van der Waals surface area contributed by atoms with Crippen LogP contribution in [0.5, 0.6) is 0 Å². The number of hydrogen-bond acceptors (Lipinski definition) is 4. The first-order valence-corrected chi connectivity index (χ1v) is 7.99. The standard InChI is InChI=1S/C18H22N4O/c1-14-3-5-16(6-4-14)11-18(23)22-9-7-21(8-10-22)17-13-19-12-15(2)20-17/h3-6,12-13H,7-11H2,1-2H3. The zero-order chi connectivity index (χ0) is 16.2. The average molecular weight is 310 g/mol. The van der Waals surface area contributed by atoms with Crippen LogP contribution in [-0.4, -0.2) is 47.0 Å². The van der Waals surface area contributed by atoms with Gasteiger partial charge in [-0.1, -0.05) is 29.8 Å². The smallest absolute Gasteiger partial charge is 0.227 e. The molecule has 0 unspecified atom stereocenters. The molecule has 0 aliphatic carbocycles. The van der Waals surface area contributed by atoms with Crippen molar-refractivity contribution in [2.24, 2.45) is 0 Å². The molecule has 3 rings (SSSR count). The van der Waals surface area contributed by atoms with Crippen LogP contribution in [0.1, 0.15) is 16.8 Å². The van der Waals surface area contributed by atoms with Crippen molar-refractivity contribution in [3.05, 3.63) is 53.5 Å². The van der Waals surface area contributed by atoms with Crippen LogP contribution in [-0.2, 0) is 11.2 Å². The number of nitrogens with zero attached hydrogens (tertiary/aromatic N) is 4. The van der Waals surface area contributed by atoms with Crippen LogP contribution in [0.4, 0.5) is 5.82 Å². The molecule has 1 aliphatic heterocycles. The Bertz CT molecular complexity index is 676. The van der Waals surface area contributed by atoms with E-state index in [0.29, 0.717) is 6.42 Å². The second-order valence-corrected chi connectivity index (χ2v) is 6.05. The van der Waals surface area contributed by atoms with Gasteiger partial charge < -0.3 is 9.80 Å². The lowest BCUT2D eigenvalue weighted by Gasteiger charge is -2.35. The molecule has 1 amide bonds. The predicted molar refractivity (Wildman–Crippen MR) is 90.4 cm³/mol. The molecular formula is C18H22N4O. The van der Waals surface area contributed by atoms with Crippen LogP contribution >= 0.6 is 0 Å². The van der Waals surface area contributed by atoms with E-state index < -0.39 is 0 Å². The molecule has 1 saturated heterocycles. The van der Waals surface area contributed by atoms with E-state index in [1.807, 2.05) is 24.0 Å². The number of aryl methyl sites for hydroxylation is 2. The molecule has 2 heterocycles. The Labute approximate surface area is 137 Å². The van der Waals surface area contributed by atoms with Gasteiger partial charge >= 0.3 is 0 Å². The molecule has 0 radical (unpaired) electrons. The third-order valence-corrected chi connectivity index (χ3v) is 4.17. The Hall–Kier alpha value is -2.43. The van der Waals surface area contributed by atoms with E-state index in [4.69, 9.17) is 0 Å². The van der Waals surface area contributed by atoms with Crippen LogP contribution < -0.4 is 4.90 Å². The van der Waals surface area contributed by atoms with Gasteiger partial charge in [0.1, 0.15) is 5.82 Å². The summed E-state index contributed by atoms with van der Waals surface area (Å²) in [5.41, 5.74) is 3.21. The van der Waals surface area contributed by atoms with Crippen molar-refractivity contribution in [2.45, 2.75) is 20.3 Å². The van der Waals surface area contributed by atoms with Crippen molar-refractivity contribution in [1.29, 1.82) is 0 Å². The van der Waals surface area contributed by atoms with E-state index in [2.05, 4.69) is 33.9 Å². The Morgan fingerprint density at radius 2 is 1.74 bits per heavy atom. The molecule has 0 N–H and O–H groups in total. The lowest BCUT2D eigenvalue weighted by Crippen LogP contribution is -2.49. The average Bonchev–Trinajstić information content (AvgIpc) is 2.57. The maximum Gasteiger partial charge on any atom is 0.227 e. The van der Waals surface area contributed by atoms with Crippen LogP contribution in [0.15, 0.2) is 36.7 Å². The van der Waals surface area contributed by atoms with Gasteiger partial charge in [0.2, 0.25) is 5.91 Å². The van der Waals surface area contributed by atoms with Crippen molar-refractivity contribution in [1.82, 2.24) is 14.9 Å². The quantitative estimate of drug-likeness (QED) is 0.870. The minimum absolute atomic E-state index is 0.198. The minimum atomic E-state index is 0.198. The number of amides is 1. The molecule has 2 aromatic rings. The lowest BCUT2D eigenvalue weighted by atomic mass is 10.1.